The van der Waals surface area contributed by atoms with Crippen molar-refractivity contribution < 1.29 is 9.53 Å². The van der Waals surface area contributed by atoms with Gasteiger partial charge in [-0.25, -0.2) is 0 Å². The topological polar surface area (TPSA) is 42.4 Å². The van der Waals surface area contributed by atoms with Gasteiger partial charge in [-0.15, -0.1) is 0 Å². The molecule has 4 nitrogen and oxygen atoms in total. The van der Waals surface area contributed by atoms with Gasteiger partial charge in [0.1, 0.15) is 12.4 Å². The van der Waals surface area contributed by atoms with Crippen molar-refractivity contribution in [3.63, 3.8) is 0 Å². The lowest BCUT2D eigenvalue weighted by Gasteiger charge is -2.19. The Kier molecular flexibility index (Phi) is 5.38. The molecule has 4 heteroatoms. The molecule has 1 aliphatic heterocycles. The van der Waals surface area contributed by atoms with Crippen molar-refractivity contribution >= 4 is 5.91 Å². The minimum Gasteiger partial charge on any atom is -0.491 e. The number of aryl methyl sites for hydroxylation is 3. The predicted molar refractivity (Wildman–Crippen MR) is 110 cm³/mol. The quantitative estimate of drug-likeness (QED) is 0.674. The minimum atomic E-state index is 0.00957. The lowest BCUT2D eigenvalue weighted by Crippen LogP contribution is -2.32. The molecule has 142 valence electrons. The summed E-state index contributed by atoms with van der Waals surface area (Å²) < 4.78 is 5.83. The number of rotatable bonds is 5. The number of ether oxygens (including phenoxy) is 1. The van der Waals surface area contributed by atoms with Gasteiger partial charge in [-0.2, -0.15) is 0 Å². The molecular weight excluding hydrogens is 348 g/mol. The van der Waals surface area contributed by atoms with Gasteiger partial charge in [-0.1, -0.05) is 42.0 Å². The van der Waals surface area contributed by atoms with E-state index in [4.69, 9.17) is 4.74 Å². The molecule has 0 spiro atoms. The summed E-state index contributed by atoms with van der Waals surface area (Å²) in [7, 11) is 0. The molecule has 1 aliphatic rings. The van der Waals surface area contributed by atoms with Gasteiger partial charge in [0, 0.05) is 6.20 Å². The second-order valence-corrected chi connectivity index (χ2v) is 7.21. The molecule has 2 aromatic carbocycles. The zero-order valence-corrected chi connectivity index (χ0v) is 16.1. The summed E-state index contributed by atoms with van der Waals surface area (Å²) in [5.74, 6) is 0.683. The van der Waals surface area contributed by atoms with Crippen molar-refractivity contribution in [2.24, 2.45) is 0 Å². The summed E-state index contributed by atoms with van der Waals surface area (Å²) in [5.41, 5.74) is 5.25. The Morgan fingerprint density at radius 1 is 1.00 bits per heavy atom. The lowest BCUT2D eigenvalue weighted by atomic mass is 10.0. The summed E-state index contributed by atoms with van der Waals surface area (Å²) in [6.45, 7) is 3.64. The standard InChI is InChI=1S/C24H24N2O2/c1-18-5-7-19(8-6-18)9-10-20-11-12-23-22(16-20)24(27)26(14-15-28-23)17-21-4-2-3-13-25-21/h2-8,11-13,16H,9-10,14-15,17H2,1H3. The van der Waals surface area contributed by atoms with E-state index in [0.29, 0.717) is 31.0 Å². The fourth-order valence-electron chi connectivity index (χ4n) is 3.44. The van der Waals surface area contributed by atoms with Crippen LogP contribution in [-0.4, -0.2) is 28.9 Å². The molecule has 1 aromatic heterocycles. The van der Waals surface area contributed by atoms with Gasteiger partial charge in [0.25, 0.3) is 5.91 Å². The first-order valence-corrected chi connectivity index (χ1v) is 9.69. The van der Waals surface area contributed by atoms with Gasteiger partial charge in [0.05, 0.1) is 24.3 Å². The Hall–Kier alpha value is -3.14. The smallest absolute Gasteiger partial charge is 0.258 e. The number of hydrogen-bond acceptors (Lipinski definition) is 3. The zero-order chi connectivity index (χ0) is 19.3. The Morgan fingerprint density at radius 3 is 2.57 bits per heavy atom. The maximum atomic E-state index is 13.1. The number of aromatic nitrogens is 1. The first-order valence-electron chi connectivity index (χ1n) is 9.69. The number of pyridine rings is 1. The second-order valence-electron chi connectivity index (χ2n) is 7.21. The number of nitrogens with zero attached hydrogens (tertiary/aromatic N) is 2. The normalized spacial score (nSPS) is 13.6. The largest absolute Gasteiger partial charge is 0.491 e. The number of carbonyl (C=O) groups excluding carboxylic acids is 1. The van der Waals surface area contributed by atoms with E-state index in [2.05, 4.69) is 42.2 Å². The summed E-state index contributed by atoms with van der Waals surface area (Å²) in [6.07, 6.45) is 3.60. The molecule has 3 aromatic rings. The van der Waals surface area contributed by atoms with Crippen LogP contribution in [0.15, 0.2) is 66.9 Å². The van der Waals surface area contributed by atoms with E-state index in [0.717, 1.165) is 24.1 Å². The first-order chi connectivity index (χ1) is 13.7. The average Bonchev–Trinajstić information content (AvgIpc) is 2.87. The van der Waals surface area contributed by atoms with Crippen LogP contribution in [0.4, 0.5) is 0 Å². The third-order valence-corrected chi connectivity index (χ3v) is 5.08. The van der Waals surface area contributed by atoms with E-state index in [1.165, 1.54) is 11.1 Å². The van der Waals surface area contributed by atoms with Crippen molar-refractivity contribution in [2.75, 3.05) is 13.2 Å². The van der Waals surface area contributed by atoms with E-state index < -0.39 is 0 Å². The molecule has 28 heavy (non-hydrogen) atoms. The van der Waals surface area contributed by atoms with Gasteiger partial charge >= 0.3 is 0 Å². The van der Waals surface area contributed by atoms with Crippen LogP contribution in [-0.2, 0) is 19.4 Å². The first kappa shape index (κ1) is 18.2. The number of fused-ring (bicyclic) bond motifs is 1. The zero-order valence-electron chi connectivity index (χ0n) is 16.1. The van der Waals surface area contributed by atoms with Crippen LogP contribution >= 0.6 is 0 Å². The van der Waals surface area contributed by atoms with E-state index in [-0.39, 0.29) is 5.91 Å². The van der Waals surface area contributed by atoms with Crippen LogP contribution < -0.4 is 4.74 Å². The van der Waals surface area contributed by atoms with E-state index in [1.807, 2.05) is 35.2 Å². The number of hydrogen-bond donors (Lipinski definition) is 0. The Bertz CT molecular complexity index is 952. The third kappa shape index (κ3) is 4.22. The molecule has 0 saturated carbocycles. The highest BCUT2D eigenvalue weighted by Gasteiger charge is 2.24. The highest BCUT2D eigenvalue weighted by Crippen LogP contribution is 2.26. The second kappa shape index (κ2) is 8.26. The minimum absolute atomic E-state index is 0.00957. The number of benzene rings is 2. The molecular formula is C24H24N2O2. The van der Waals surface area contributed by atoms with Crippen LogP contribution in [0.25, 0.3) is 0 Å². The van der Waals surface area contributed by atoms with Gasteiger partial charge in [-0.05, 0) is 55.2 Å². The maximum absolute atomic E-state index is 13.1. The predicted octanol–water partition coefficient (Wildman–Crippen LogP) is 4.21. The van der Waals surface area contributed by atoms with Crippen molar-refractivity contribution in [1.82, 2.24) is 9.88 Å². The molecule has 0 radical (unpaired) electrons. The van der Waals surface area contributed by atoms with Crippen LogP contribution in [0.1, 0.15) is 32.7 Å². The fraction of sp³-hybridized carbons (Fsp3) is 0.250. The molecule has 2 heterocycles. The van der Waals surface area contributed by atoms with Gasteiger partial charge in [0.2, 0.25) is 0 Å². The summed E-state index contributed by atoms with van der Waals surface area (Å²) in [5, 5.41) is 0. The molecule has 0 atom stereocenters. The van der Waals surface area contributed by atoms with Gasteiger partial charge in [0.15, 0.2) is 0 Å². The third-order valence-electron chi connectivity index (χ3n) is 5.08. The van der Waals surface area contributed by atoms with Gasteiger partial charge < -0.3 is 9.64 Å². The van der Waals surface area contributed by atoms with Crippen molar-refractivity contribution in [2.45, 2.75) is 26.3 Å². The highest BCUT2D eigenvalue weighted by molar-refractivity contribution is 5.97. The van der Waals surface area contributed by atoms with Crippen LogP contribution in [0.2, 0.25) is 0 Å². The van der Waals surface area contributed by atoms with E-state index in [1.54, 1.807) is 6.20 Å². The van der Waals surface area contributed by atoms with Crippen LogP contribution in [0, 0.1) is 6.92 Å². The van der Waals surface area contributed by atoms with Crippen LogP contribution in [0.3, 0.4) is 0 Å². The number of carbonyl (C=O) groups is 1. The lowest BCUT2D eigenvalue weighted by molar-refractivity contribution is 0.0741. The van der Waals surface area contributed by atoms with E-state index in [9.17, 15) is 4.79 Å². The molecule has 4 rings (SSSR count). The van der Waals surface area contributed by atoms with Crippen molar-refractivity contribution in [3.05, 3.63) is 94.8 Å². The van der Waals surface area contributed by atoms with Crippen molar-refractivity contribution in [3.8, 4) is 5.75 Å². The Morgan fingerprint density at radius 2 is 1.79 bits per heavy atom. The highest BCUT2D eigenvalue weighted by atomic mass is 16.5. The average molecular weight is 372 g/mol. The summed E-state index contributed by atoms with van der Waals surface area (Å²) in [6, 6.07) is 20.4. The Labute approximate surface area is 165 Å². The SMILES string of the molecule is Cc1ccc(CCc2ccc3c(c2)C(=O)N(Cc2ccccn2)CCO3)cc1. The molecule has 0 saturated heterocycles. The molecule has 0 N–H and O–H groups in total. The summed E-state index contributed by atoms with van der Waals surface area (Å²) in [4.78, 5) is 19.3. The monoisotopic (exact) mass is 372 g/mol. The molecule has 0 unspecified atom stereocenters. The van der Waals surface area contributed by atoms with Gasteiger partial charge in [-0.3, -0.25) is 9.78 Å². The Balaban J connectivity index is 1.51. The molecule has 1 amide bonds. The molecule has 0 fully saturated rings. The van der Waals surface area contributed by atoms with Crippen molar-refractivity contribution in [1.29, 1.82) is 0 Å². The molecule has 0 bridgehead atoms. The molecule has 0 aliphatic carbocycles. The van der Waals surface area contributed by atoms with Crippen LogP contribution in [0.5, 0.6) is 5.75 Å². The summed E-state index contributed by atoms with van der Waals surface area (Å²) >= 11 is 0. The van der Waals surface area contributed by atoms with E-state index >= 15 is 0 Å². The number of amides is 1. The fourth-order valence-corrected chi connectivity index (χ4v) is 3.44. The maximum Gasteiger partial charge on any atom is 0.258 e.